The van der Waals surface area contributed by atoms with Crippen LogP contribution in [-0.2, 0) is 6.42 Å². The Balaban J connectivity index is 1.70. The Morgan fingerprint density at radius 1 is 1.30 bits per heavy atom. The van der Waals surface area contributed by atoms with Crippen LogP contribution in [0.25, 0.3) is 0 Å². The highest BCUT2D eigenvalue weighted by molar-refractivity contribution is 6.04. The third-order valence-corrected chi connectivity index (χ3v) is 3.73. The minimum absolute atomic E-state index is 0.703. The van der Waals surface area contributed by atoms with Gasteiger partial charge in [0.1, 0.15) is 17.5 Å². The molecule has 0 bridgehead atoms. The molecule has 0 spiro atoms. The monoisotopic (exact) mass is 271 g/mol. The maximum absolute atomic E-state index is 4.63. The van der Waals surface area contributed by atoms with Gasteiger partial charge in [-0.15, -0.1) is 0 Å². The van der Waals surface area contributed by atoms with Crippen molar-refractivity contribution in [1.29, 1.82) is 0 Å². The minimum atomic E-state index is 0.703. The first-order valence-electron chi connectivity index (χ1n) is 7.33. The average Bonchev–Trinajstić information content (AvgIpc) is 2.92. The Bertz CT molecular complexity index is 529. The van der Waals surface area contributed by atoms with E-state index in [2.05, 4.69) is 25.6 Å². The first-order chi connectivity index (χ1) is 9.79. The highest BCUT2D eigenvalue weighted by Crippen LogP contribution is 2.17. The van der Waals surface area contributed by atoms with Crippen molar-refractivity contribution in [2.45, 2.75) is 26.2 Å². The van der Waals surface area contributed by atoms with E-state index in [0.717, 1.165) is 49.2 Å². The number of piperidine rings is 1. The van der Waals surface area contributed by atoms with Crippen LogP contribution >= 0.6 is 0 Å². The second-order valence-corrected chi connectivity index (χ2v) is 5.46. The van der Waals surface area contributed by atoms with Gasteiger partial charge in [-0.1, -0.05) is 6.08 Å². The maximum atomic E-state index is 4.63. The molecule has 1 aromatic rings. The highest BCUT2D eigenvalue weighted by atomic mass is 15.1. The van der Waals surface area contributed by atoms with Gasteiger partial charge in [0.05, 0.1) is 6.54 Å². The van der Waals surface area contributed by atoms with Gasteiger partial charge in [0.25, 0.3) is 0 Å². The average molecular weight is 271 g/mol. The first-order valence-corrected chi connectivity index (χ1v) is 7.33. The fraction of sp³-hybridized carbons (Fsp3) is 0.533. The molecule has 0 amide bonds. The molecule has 0 aromatic carbocycles. The summed E-state index contributed by atoms with van der Waals surface area (Å²) in [6.07, 6.45) is 7.43. The number of aromatic nitrogens is 2. The molecule has 5 nitrogen and oxygen atoms in total. The lowest BCUT2D eigenvalue weighted by Crippen LogP contribution is -2.29. The molecule has 1 aromatic heterocycles. The zero-order chi connectivity index (χ0) is 13.8. The molecule has 106 valence electrons. The number of nitrogens with one attached hydrogen (secondary N) is 2. The number of rotatable bonds is 3. The van der Waals surface area contributed by atoms with Gasteiger partial charge < -0.3 is 10.6 Å². The molecule has 0 saturated carbocycles. The van der Waals surface area contributed by atoms with Crippen molar-refractivity contribution in [3.8, 4) is 0 Å². The minimum Gasteiger partial charge on any atom is -0.325 e. The van der Waals surface area contributed by atoms with Gasteiger partial charge >= 0.3 is 0 Å². The van der Waals surface area contributed by atoms with Gasteiger partial charge in [-0.3, -0.25) is 4.99 Å². The molecule has 3 heterocycles. The Labute approximate surface area is 119 Å². The molecule has 0 unspecified atom stereocenters. The third-order valence-electron chi connectivity index (χ3n) is 3.73. The summed E-state index contributed by atoms with van der Waals surface area (Å²) >= 11 is 0. The molecule has 1 saturated heterocycles. The van der Waals surface area contributed by atoms with E-state index in [1.165, 1.54) is 12.8 Å². The molecular formula is C15H21N5. The van der Waals surface area contributed by atoms with Crippen LogP contribution in [0.3, 0.4) is 0 Å². The topological polar surface area (TPSA) is 62.2 Å². The highest BCUT2D eigenvalue weighted by Gasteiger charge is 2.15. The largest absolute Gasteiger partial charge is 0.325 e. The quantitative estimate of drug-likeness (QED) is 0.878. The summed E-state index contributed by atoms with van der Waals surface area (Å²) in [5, 5.41) is 6.65. The lowest BCUT2D eigenvalue weighted by Gasteiger charge is -2.22. The number of nitrogens with zero attached hydrogens (tertiary/aromatic N) is 3. The Hall–Kier alpha value is -1.75. The van der Waals surface area contributed by atoms with E-state index >= 15 is 0 Å². The van der Waals surface area contributed by atoms with Crippen molar-refractivity contribution < 1.29 is 0 Å². The van der Waals surface area contributed by atoms with Crippen LogP contribution in [0, 0.1) is 12.8 Å². The van der Waals surface area contributed by atoms with Gasteiger partial charge in [0.2, 0.25) is 0 Å². The van der Waals surface area contributed by atoms with Crippen molar-refractivity contribution in [3.05, 3.63) is 29.7 Å². The summed E-state index contributed by atoms with van der Waals surface area (Å²) < 4.78 is 0. The molecule has 0 radical (unpaired) electrons. The zero-order valence-electron chi connectivity index (χ0n) is 11.9. The van der Waals surface area contributed by atoms with E-state index in [-0.39, 0.29) is 0 Å². The summed E-state index contributed by atoms with van der Waals surface area (Å²) in [7, 11) is 0. The molecule has 1 fully saturated rings. The zero-order valence-corrected chi connectivity index (χ0v) is 11.9. The molecule has 2 aliphatic heterocycles. The SMILES string of the molecule is Cc1cc(NC2=NCC=C2)nc(CC2CCNCC2)n1. The second-order valence-electron chi connectivity index (χ2n) is 5.46. The fourth-order valence-electron chi connectivity index (χ4n) is 2.71. The van der Waals surface area contributed by atoms with Crippen LogP contribution < -0.4 is 10.6 Å². The van der Waals surface area contributed by atoms with Crippen LogP contribution in [0.2, 0.25) is 0 Å². The Kier molecular flexibility index (Phi) is 4.06. The lowest BCUT2D eigenvalue weighted by atomic mass is 9.94. The molecule has 2 aliphatic rings. The van der Waals surface area contributed by atoms with Crippen LogP contribution in [0.5, 0.6) is 0 Å². The molecule has 3 rings (SSSR count). The molecule has 5 heteroatoms. The van der Waals surface area contributed by atoms with Crippen molar-refractivity contribution in [2.24, 2.45) is 10.9 Å². The van der Waals surface area contributed by atoms with Gasteiger partial charge in [-0.25, -0.2) is 9.97 Å². The summed E-state index contributed by atoms with van der Waals surface area (Å²) in [5.41, 5.74) is 1.01. The summed E-state index contributed by atoms with van der Waals surface area (Å²) in [5.74, 6) is 3.39. The normalized spacial score (nSPS) is 19.1. The molecule has 20 heavy (non-hydrogen) atoms. The van der Waals surface area contributed by atoms with E-state index in [9.17, 15) is 0 Å². The van der Waals surface area contributed by atoms with Crippen LogP contribution in [0.15, 0.2) is 23.2 Å². The maximum Gasteiger partial charge on any atom is 0.135 e. The molecule has 0 atom stereocenters. The predicted octanol–water partition coefficient (Wildman–Crippen LogP) is 1.71. The fourth-order valence-corrected chi connectivity index (χ4v) is 2.71. The van der Waals surface area contributed by atoms with Crippen LogP contribution in [-0.4, -0.2) is 35.4 Å². The van der Waals surface area contributed by atoms with Crippen molar-refractivity contribution in [1.82, 2.24) is 15.3 Å². The van der Waals surface area contributed by atoms with Gasteiger partial charge in [0, 0.05) is 18.2 Å². The van der Waals surface area contributed by atoms with Crippen molar-refractivity contribution in [3.63, 3.8) is 0 Å². The Morgan fingerprint density at radius 3 is 2.90 bits per heavy atom. The number of aliphatic imine (C=N–C) groups is 1. The molecule has 2 N–H and O–H groups in total. The standard InChI is InChI=1S/C15H21N5/c1-11-9-14(19-13-3-2-6-17-13)20-15(18-11)10-12-4-7-16-8-5-12/h2-3,9,12,16H,4-8,10H2,1H3,(H,17,18,19,20). The Morgan fingerprint density at radius 2 is 2.15 bits per heavy atom. The summed E-state index contributed by atoms with van der Waals surface area (Å²) in [6.45, 7) is 5.01. The predicted molar refractivity (Wildman–Crippen MR) is 81.1 cm³/mol. The van der Waals surface area contributed by atoms with E-state index < -0.39 is 0 Å². The number of hydrogen-bond donors (Lipinski definition) is 2. The van der Waals surface area contributed by atoms with Gasteiger partial charge in [-0.05, 0) is 44.8 Å². The van der Waals surface area contributed by atoms with E-state index in [4.69, 9.17) is 0 Å². The van der Waals surface area contributed by atoms with E-state index in [0.29, 0.717) is 5.92 Å². The smallest absolute Gasteiger partial charge is 0.135 e. The first kappa shape index (κ1) is 13.2. The van der Waals surface area contributed by atoms with Gasteiger partial charge in [-0.2, -0.15) is 0 Å². The third kappa shape index (κ3) is 3.42. The number of amidine groups is 1. The molecule has 0 aliphatic carbocycles. The lowest BCUT2D eigenvalue weighted by molar-refractivity contribution is 0.367. The van der Waals surface area contributed by atoms with E-state index in [1.807, 2.05) is 25.1 Å². The van der Waals surface area contributed by atoms with Crippen LogP contribution in [0.4, 0.5) is 5.82 Å². The number of hydrogen-bond acceptors (Lipinski definition) is 5. The number of anilines is 1. The van der Waals surface area contributed by atoms with Crippen molar-refractivity contribution >= 4 is 11.7 Å². The molecular weight excluding hydrogens is 250 g/mol. The van der Waals surface area contributed by atoms with Gasteiger partial charge in [0.15, 0.2) is 0 Å². The van der Waals surface area contributed by atoms with E-state index in [1.54, 1.807) is 0 Å². The summed E-state index contributed by atoms with van der Waals surface area (Å²) in [4.78, 5) is 13.5. The summed E-state index contributed by atoms with van der Waals surface area (Å²) in [6, 6.07) is 1.97. The number of aryl methyl sites for hydroxylation is 1. The van der Waals surface area contributed by atoms with Crippen LogP contribution in [0.1, 0.15) is 24.4 Å². The second kappa shape index (κ2) is 6.13. The van der Waals surface area contributed by atoms with Crippen molar-refractivity contribution in [2.75, 3.05) is 25.0 Å².